The number of imidazole rings is 1. The summed E-state index contributed by atoms with van der Waals surface area (Å²) in [4.78, 5) is 10.6. The molecule has 24 heavy (non-hydrogen) atoms. The Morgan fingerprint density at radius 1 is 1.33 bits per heavy atom. The Kier molecular flexibility index (Phi) is 4.29. The topological polar surface area (TPSA) is 60.6 Å². The van der Waals surface area contributed by atoms with Crippen molar-refractivity contribution < 1.29 is 0 Å². The van der Waals surface area contributed by atoms with Crippen LogP contribution in [0.1, 0.15) is 30.1 Å². The average Bonchev–Trinajstić information content (AvgIpc) is 3.13. The molecule has 0 spiro atoms. The van der Waals surface area contributed by atoms with Crippen LogP contribution in [0.5, 0.6) is 0 Å². The van der Waals surface area contributed by atoms with Crippen LogP contribution < -0.4 is 0 Å². The van der Waals surface area contributed by atoms with Gasteiger partial charge in [0.25, 0.3) is 0 Å². The molecule has 3 aromatic rings. The lowest BCUT2D eigenvalue weighted by molar-refractivity contribution is 0.164. The van der Waals surface area contributed by atoms with Crippen molar-refractivity contribution in [2.45, 2.75) is 32.7 Å². The fourth-order valence-electron chi connectivity index (χ4n) is 3.62. The van der Waals surface area contributed by atoms with Gasteiger partial charge in [0.15, 0.2) is 0 Å². The highest BCUT2D eigenvalue weighted by Crippen LogP contribution is 2.24. The van der Waals surface area contributed by atoms with Gasteiger partial charge in [-0.05, 0) is 44.4 Å². The fourth-order valence-corrected chi connectivity index (χ4v) is 3.76. The first-order valence-electron chi connectivity index (χ1n) is 8.54. The van der Waals surface area contributed by atoms with Gasteiger partial charge in [0, 0.05) is 19.5 Å². The molecule has 0 bridgehead atoms. The van der Waals surface area contributed by atoms with Crippen LogP contribution in [0.2, 0.25) is 5.02 Å². The number of hydrogen-bond donors (Lipinski definition) is 2. The van der Waals surface area contributed by atoms with Crippen LogP contribution in [0.15, 0.2) is 24.3 Å². The van der Waals surface area contributed by atoms with Crippen molar-refractivity contribution in [1.82, 2.24) is 25.1 Å². The Hall–Kier alpha value is -1.85. The third-order valence-electron chi connectivity index (χ3n) is 4.84. The van der Waals surface area contributed by atoms with Crippen LogP contribution >= 0.6 is 11.6 Å². The Bertz CT molecular complexity index is 804. The number of H-pyrrole nitrogens is 2. The number of para-hydroxylation sites is 2. The number of aromatic nitrogens is 4. The van der Waals surface area contributed by atoms with Crippen LogP contribution in [0.4, 0.5) is 0 Å². The fraction of sp³-hybridized carbons (Fsp3) is 0.444. The van der Waals surface area contributed by atoms with E-state index in [1.54, 1.807) is 0 Å². The highest BCUT2D eigenvalue weighted by Gasteiger charge is 2.23. The first kappa shape index (κ1) is 15.7. The number of aryl methyl sites for hydroxylation is 1. The summed E-state index contributed by atoms with van der Waals surface area (Å²) in [5, 5.41) is 8.07. The van der Waals surface area contributed by atoms with Crippen molar-refractivity contribution in [3.05, 3.63) is 46.5 Å². The van der Waals surface area contributed by atoms with E-state index in [2.05, 4.69) is 32.2 Å². The van der Waals surface area contributed by atoms with Gasteiger partial charge in [0.1, 0.15) is 5.82 Å². The minimum absolute atomic E-state index is 0.623. The minimum atomic E-state index is 0.623. The van der Waals surface area contributed by atoms with Gasteiger partial charge in [-0.2, -0.15) is 5.10 Å². The lowest BCUT2D eigenvalue weighted by Gasteiger charge is -2.31. The Balaban J connectivity index is 1.42. The summed E-state index contributed by atoms with van der Waals surface area (Å²) in [5.74, 6) is 1.72. The van der Waals surface area contributed by atoms with E-state index in [0.717, 1.165) is 59.3 Å². The molecule has 0 unspecified atom stereocenters. The van der Waals surface area contributed by atoms with E-state index in [0.29, 0.717) is 5.92 Å². The van der Waals surface area contributed by atoms with Crippen molar-refractivity contribution >= 4 is 22.6 Å². The molecule has 0 radical (unpaired) electrons. The van der Waals surface area contributed by atoms with Crippen LogP contribution in [0.25, 0.3) is 11.0 Å². The van der Waals surface area contributed by atoms with Gasteiger partial charge in [-0.1, -0.05) is 23.7 Å². The minimum Gasteiger partial charge on any atom is -0.342 e. The molecule has 1 fully saturated rings. The molecular formula is C18H22ClN5. The van der Waals surface area contributed by atoms with Crippen molar-refractivity contribution in [3.63, 3.8) is 0 Å². The molecule has 1 aliphatic rings. The monoisotopic (exact) mass is 343 g/mol. The van der Waals surface area contributed by atoms with Gasteiger partial charge in [-0.25, -0.2) is 4.98 Å². The molecule has 3 heterocycles. The maximum Gasteiger partial charge on any atom is 0.107 e. The zero-order valence-corrected chi connectivity index (χ0v) is 14.6. The smallest absolute Gasteiger partial charge is 0.107 e. The Morgan fingerprint density at radius 2 is 2.21 bits per heavy atom. The molecule has 0 aliphatic carbocycles. The molecule has 0 amide bonds. The molecule has 4 rings (SSSR count). The Morgan fingerprint density at radius 3 is 3.00 bits per heavy atom. The van der Waals surface area contributed by atoms with E-state index in [4.69, 9.17) is 16.6 Å². The zero-order chi connectivity index (χ0) is 16.5. The number of hydrogen-bond acceptors (Lipinski definition) is 3. The van der Waals surface area contributed by atoms with E-state index in [9.17, 15) is 0 Å². The van der Waals surface area contributed by atoms with Crippen molar-refractivity contribution in [3.8, 4) is 0 Å². The average molecular weight is 344 g/mol. The van der Waals surface area contributed by atoms with E-state index in [1.165, 1.54) is 12.8 Å². The maximum absolute atomic E-state index is 6.30. The summed E-state index contributed by atoms with van der Waals surface area (Å²) in [5.41, 5.74) is 4.08. The van der Waals surface area contributed by atoms with Crippen molar-refractivity contribution in [1.29, 1.82) is 0 Å². The van der Waals surface area contributed by atoms with Crippen LogP contribution in [0.3, 0.4) is 0 Å². The van der Waals surface area contributed by atoms with E-state index >= 15 is 0 Å². The van der Waals surface area contributed by atoms with Crippen LogP contribution in [0, 0.1) is 12.8 Å². The molecule has 5 nitrogen and oxygen atoms in total. The van der Waals surface area contributed by atoms with E-state index in [1.807, 2.05) is 19.1 Å². The second-order valence-electron chi connectivity index (χ2n) is 6.76. The third-order valence-corrected chi connectivity index (χ3v) is 5.34. The third kappa shape index (κ3) is 3.19. The van der Waals surface area contributed by atoms with E-state index in [-0.39, 0.29) is 0 Å². The number of halogens is 1. The summed E-state index contributed by atoms with van der Waals surface area (Å²) in [6.45, 7) is 4.96. The largest absolute Gasteiger partial charge is 0.342 e. The summed E-state index contributed by atoms with van der Waals surface area (Å²) < 4.78 is 0. The summed E-state index contributed by atoms with van der Waals surface area (Å²) >= 11 is 6.30. The molecule has 2 aromatic heterocycles. The molecule has 126 valence electrons. The number of benzene rings is 1. The van der Waals surface area contributed by atoms with Crippen molar-refractivity contribution in [2.24, 2.45) is 5.92 Å². The molecule has 1 atom stereocenters. The van der Waals surface area contributed by atoms with Crippen LogP contribution in [-0.4, -0.2) is 38.2 Å². The highest BCUT2D eigenvalue weighted by molar-refractivity contribution is 6.31. The van der Waals surface area contributed by atoms with Gasteiger partial charge >= 0.3 is 0 Å². The first-order valence-corrected chi connectivity index (χ1v) is 8.92. The van der Waals surface area contributed by atoms with Gasteiger partial charge in [-0.15, -0.1) is 0 Å². The zero-order valence-electron chi connectivity index (χ0n) is 13.8. The number of fused-ring (bicyclic) bond motifs is 1. The second kappa shape index (κ2) is 6.57. The Labute approximate surface area is 146 Å². The SMILES string of the molecule is Cc1[nH]nc(CN2CCC[C@H](Cc3nc4ccccc4[nH]3)C2)c1Cl. The maximum atomic E-state index is 6.30. The number of rotatable bonds is 4. The molecule has 6 heteroatoms. The lowest BCUT2D eigenvalue weighted by Crippen LogP contribution is -2.36. The van der Waals surface area contributed by atoms with Crippen LogP contribution in [-0.2, 0) is 13.0 Å². The van der Waals surface area contributed by atoms with Gasteiger partial charge < -0.3 is 4.98 Å². The van der Waals surface area contributed by atoms with Gasteiger partial charge in [0.05, 0.1) is 27.4 Å². The number of likely N-dealkylation sites (tertiary alicyclic amines) is 1. The number of nitrogens with one attached hydrogen (secondary N) is 2. The molecule has 0 saturated carbocycles. The molecular weight excluding hydrogens is 322 g/mol. The second-order valence-corrected chi connectivity index (χ2v) is 7.14. The van der Waals surface area contributed by atoms with Crippen molar-refractivity contribution in [2.75, 3.05) is 13.1 Å². The number of aromatic amines is 2. The highest BCUT2D eigenvalue weighted by atomic mass is 35.5. The predicted molar refractivity (Wildman–Crippen MR) is 96.1 cm³/mol. The normalized spacial score (nSPS) is 19.2. The molecule has 1 saturated heterocycles. The molecule has 1 aromatic carbocycles. The van der Waals surface area contributed by atoms with Gasteiger partial charge in [0.2, 0.25) is 0 Å². The summed E-state index contributed by atoms with van der Waals surface area (Å²) in [6.07, 6.45) is 3.46. The van der Waals surface area contributed by atoms with Gasteiger partial charge in [-0.3, -0.25) is 10.00 Å². The first-order chi connectivity index (χ1) is 11.7. The van der Waals surface area contributed by atoms with E-state index < -0.39 is 0 Å². The summed E-state index contributed by atoms with van der Waals surface area (Å²) in [7, 11) is 0. The number of nitrogens with zero attached hydrogens (tertiary/aromatic N) is 3. The predicted octanol–water partition coefficient (Wildman–Crippen LogP) is 3.70. The standard InChI is InChI=1S/C18H22ClN5/c1-12-18(19)16(23-22-12)11-24-8-4-5-13(10-24)9-17-20-14-6-2-3-7-15(14)21-17/h2-3,6-7,13H,4-5,8-11H2,1H3,(H,20,21)(H,22,23)/t13-/m1/s1. The summed E-state index contributed by atoms with van der Waals surface area (Å²) in [6, 6.07) is 8.22. The quantitative estimate of drug-likeness (QED) is 0.759. The lowest BCUT2D eigenvalue weighted by atomic mass is 9.94. The molecule has 2 N–H and O–H groups in total. The molecule has 1 aliphatic heterocycles. The number of piperidine rings is 1.